The Kier molecular flexibility index (Phi) is 14.0. The summed E-state index contributed by atoms with van der Waals surface area (Å²) in [6.07, 6.45) is 17.8. The Morgan fingerprint density at radius 3 is 2.12 bits per heavy atom. The molecule has 5 rings (SSSR count). The van der Waals surface area contributed by atoms with Gasteiger partial charge in [0.15, 0.2) is 12.3 Å². The number of benzene rings is 3. The highest BCUT2D eigenvalue weighted by Crippen LogP contribution is 2.35. The average Bonchev–Trinajstić information content (AvgIpc) is 3.17. The molecule has 3 aromatic carbocycles. The van der Waals surface area contributed by atoms with Crippen LogP contribution in [0.4, 0.5) is 5.69 Å². The summed E-state index contributed by atoms with van der Waals surface area (Å²) in [5, 5.41) is 12.3. The normalized spacial score (nSPS) is 16.9. The van der Waals surface area contributed by atoms with Crippen molar-refractivity contribution in [2.24, 2.45) is 5.92 Å². The van der Waals surface area contributed by atoms with Gasteiger partial charge in [0.2, 0.25) is 0 Å². The maximum atomic E-state index is 11.7. The second kappa shape index (κ2) is 18.6. The first-order chi connectivity index (χ1) is 25.2. The average molecular weight is 743 g/mol. The Bertz CT molecular complexity index is 1950. The predicted molar refractivity (Wildman–Crippen MR) is 210 cm³/mol. The number of hydrogen-bond donors (Lipinski definition) is 2. The smallest absolute Gasteiger partial charge is 0.294 e. The molecule has 0 bridgehead atoms. The number of rotatable bonds is 16. The molecule has 0 amide bonds. The summed E-state index contributed by atoms with van der Waals surface area (Å²) < 4.78 is 40.0. The van der Waals surface area contributed by atoms with Crippen molar-refractivity contribution in [2.45, 2.75) is 56.6 Å². The van der Waals surface area contributed by atoms with Crippen LogP contribution >= 0.6 is 12.0 Å². The van der Waals surface area contributed by atoms with Gasteiger partial charge in [-0.3, -0.25) is 9.45 Å². The highest BCUT2D eigenvalue weighted by atomic mass is 32.2. The second-order valence-corrected chi connectivity index (χ2v) is 14.7. The number of anilines is 1. The molecule has 0 saturated carbocycles. The molecule has 0 fully saturated rings. The topological polar surface area (TPSA) is 103 Å². The van der Waals surface area contributed by atoms with Crippen molar-refractivity contribution < 1.29 is 32.2 Å². The molecule has 52 heavy (non-hydrogen) atoms. The van der Waals surface area contributed by atoms with Gasteiger partial charge in [-0.2, -0.15) is 8.42 Å². The maximum absolute atomic E-state index is 11.7. The number of likely N-dealkylation sites (N-methyl/N-ethyl adjacent to an activating group) is 1. The van der Waals surface area contributed by atoms with Crippen LogP contribution in [0.3, 0.4) is 0 Å². The fourth-order valence-corrected chi connectivity index (χ4v) is 7.69. The lowest BCUT2D eigenvalue weighted by molar-refractivity contribution is -0.539. The van der Waals surface area contributed by atoms with Crippen LogP contribution < -0.4 is 4.90 Å². The van der Waals surface area contributed by atoms with Crippen LogP contribution in [-0.4, -0.2) is 65.6 Å². The van der Waals surface area contributed by atoms with Gasteiger partial charge in [-0.25, -0.2) is 9.83 Å². The molecule has 0 aromatic heterocycles. The van der Waals surface area contributed by atoms with E-state index in [1.807, 2.05) is 24.3 Å². The summed E-state index contributed by atoms with van der Waals surface area (Å²) in [4.78, 5) is 5.34. The molecule has 2 aliphatic carbocycles. The van der Waals surface area contributed by atoms with Crippen molar-refractivity contribution in [1.29, 1.82) is 0 Å². The summed E-state index contributed by atoms with van der Waals surface area (Å²) in [7, 11) is -4.27. The van der Waals surface area contributed by atoms with E-state index in [1.54, 1.807) is 6.07 Å². The molecule has 9 nitrogen and oxygen atoms in total. The Balaban J connectivity index is 1.43. The molecule has 2 N–H and O–H groups in total. The van der Waals surface area contributed by atoms with Gasteiger partial charge >= 0.3 is 0 Å². The van der Waals surface area contributed by atoms with Gasteiger partial charge in [0.1, 0.15) is 6.54 Å². The molecule has 274 valence electrons. The summed E-state index contributed by atoms with van der Waals surface area (Å²) in [5.74, 6) is 0.0376. The zero-order valence-electron chi connectivity index (χ0n) is 30.1. The summed E-state index contributed by atoms with van der Waals surface area (Å²) >= 11 is 0.952. The highest BCUT2D eigenvalue weighted by molar-refractivity contribution is 7.94. The van der Waals surface area contributed by atoms with Gasteiger partial charge in [0, 0.05) is 59.9 Å². The van der Waals surface area contributed by atoms with Crippen LogP contribution in [0, 0.1) is 5.92 Å². The molecule has 0 saturated heterocycles. The summed E-state index contributed by atoms with van der Waals surface area (Å²) in [5.41, 5.74) is 7.75. The third kappa shape index (κ3) is 10.1. The zero-order chi connectivity index (χ0) is 37.1. The lowest BCUT2D eigenvalue weighted by atomic mass is 9.83. The molecular weight excluding hydrogens is 695 g/mol. The van der Waals surface area contributed by atoms with E-state index in [-0.39, 0.29) is 16.9 Å². The van der Waals surface area contributed by atoms with Crippen LogP contribution in [0.2, 0.25) is 0 Å². The SMILES string of the molecule is CCN(CC)c1ccc(C(=C2C=CC(=[N+](CC)Cc3cccc(SOOO)c3)C=C2)C2C=CC(N(CC)Cc3cccc(S(=O)(=O)O)c3)C=C2)cc1. The Morgan fingerprint density at radius 1 is 0.827 bits per heavy atom. The van der Waals surface area contributed by atoms with Crippen LogP contribution in [-0.2, 0) is 32.6 Å². The van der Waals surface area contributed by atoms with Gasteiger partial charge in [-0.15, -0.1) is 4.33 Å². The maximum Gasteiger partial charge on any atom is 0.294 e. The monoisotopic (exact) mass is 742 g/mol. The number of allylic oxidation sites excluding steroid dienone is 8. The van der Waals surface area contributed by atoms with Crippen molar-refractivity contribution in [2.75, 3.05) is 31.1 Å². The lowest BCUT2D eigenvalue weighted by Gasteiger charge is -2.30. The molecule has 0 radical (unpaired) electrons. The van der Waals surface area contributed by atoms with Gasteiger partial charge < -0.3 is 4.90 Å². The van der Waals surface area contributed by atoms with Crippen LogP contribution in [0.5, 0.6) is 0 Å². The minimum atomic E-state index is -4.27. The molecule has 0 spiro atoms. The highest BCUT2D eigenvalue weighted by Gasteiger charge is 2.23. The zero-order valence-corrected chi connectivity index (χ0v) is 31.8. The largest absolute Gasteiger partial charge is 0.372 e. The fraction of sp³-hybridized carbons (Fsp3) is 0.293. The van der Waals surface area contributed by atoms with E-state index in [9.17, 15) is 13.0 Å². The molecular formula is C41H48N3O6S2+. The number of nitrogens with zero attached hydrogens (tertiary/aromatic N) is 3. The molecule has 3 aromatic rings. The fourth-order valence-electron chi connectivity index (χ4n) is 6.70. The lowest BCUT2D eigenvalue weighted by Crippen LogP contribution is -2.33. The van der Waals surface area contributed by atoms with Gasteiger partial charge in [0.25, 0.3) is 10.1 Å². The van der Waals surface area contributed by atoms with Crippen LogP contribution in [0.25, 0.3) is 5.57 Å². The quantitative estimate of drug-likeness (QED) is 0.0374. The van der Waals surface area contributed by atoms with Crippen molar-refractivity contribution in [1.82, 2.24) is 4.90 Å². The van der Waals surface area contributed by atoms with E-state index in [0.717, 1.165) is 71.1 Å². The third-order valence-electron chi connectivity index (χ3n) is 9.44. The van der Waals surface area contributed by atoms with E-state index >= 15 is 0 Å². The van der Waals surface area contributed by atoms with Crippen LogP contribution in [0.1, 0.15) is 44.4 Å². The van der Waals surface area contributed by atoms with Gasteiger partial charge in [-0.05, 0) is 98.1 Å². The predicted octanol–water partition coefficient (Wildman–Crippen LogP) is 8.39. The summed E-state index contributed by atoms with van der Waals surface area (Å²) in [6.45, 7) is 13.3. The molecule has 11 heteroatoms. The minimum absolute atomic E-state index is 0.0297. The third-order valence-corrected chi connectivity index (χ3v) is 10.9. The van der Waals surface area contributed by atoms with E-state index in [0.29, 0.717) is 13.1 Å². The first kappa shape index (κ1) is 39.1. The Hall–Kier alpha value is -4.07. The molecule has 0 aliphatic heterocycles. The van der Waals surface area contributed by atoms with E-state index in [1.165, 1.54) is 23.4 Å². The van der Waals surface area contributed by atoms with E-state index in [4.69, 9.17) is 5.26 Å². The van der Waals surface area contributed by atoms with Crippen molar-refractivity contribution >= 4 is 39.1 Å². The first-order valence-electron chi connectivity index (χ1n) is 17.7. The van der Waals surface area contributed by atoms with E-state index < -0.39 is 10.1 Å². The van der Waals surface area contributed by atoms with Crippen LogP contribution in [0.15, 0.2) is 137 Å². The Morgan fingerprint density at radius 2 is 1.50 bits per heavy atom. The van der Waals surface area contributed by atoms with Crippen molar-refractivity contribution in [3.8, 4) is 0 Å². The standard InChI is InChI=1S/C41H47N3O6S2/c1-5-42(6-2)36-21-15-33(16-22-36)41(34-17-23-37(24-18-34)43(7-3)29-31-11-9-13-39(27-31)51-50-49-45)35-19-25-38(26-20-35)44(8-4)30-32-12-10-14-40(28-32)52(46,47)48/h9-28,35,38H,5-8,29-30H2,1-4H3,(H-,45,46,47,48)/p+1. The van der Waals surface area contributed by atoms with Gasteiger partial charge in [-0.1, -0.05) is 72.7 Å². The molecule has 2 aliphatic rings. The molecule has 0 heterocycles. The molecule has 0 atom stereocenters. The first-order valence-corrected chi connectivity index (χ1v) is 19.8. The molecule has 0 unspecified atom stereocenters. The van der Waals surface area contributed by atoms with Crippen molar-refractivity contribution in [3.63, 3.8) is 0 Å². The Labute approximate surface area is 312 Å². The minimum Gasteiger partial charge on any atom is -0.372 e. The van der Waals surface area contributed by atoms with Gasteiger partial charge in [0.05, 0.1) is 16.9 Å². The van der Waals surface area contributed by atoms with Crippen molar-refractivity contribution in [3.05, 3.63) is 144 Å². The van der Waals surface area contributed by atoms with E-state index in [2.05, 4.69) is 130 Å². The second-order valence-electron chi connectivity index (χ2n) is 12.5. The number of hydrogen-bond acceptors (Lipinski definition) is 8. The summed E-state index contributed by atoms with van der Waals surface area (Å²) in [6, 6.07) is 23.3.